The summed E-state index contributed by atoms with van der Waals surface area (Å²) in [5.74, 6) is -0.150. The lowest BCUT2D eigenvalue weighted by Gasteiger charge is -2.15. The van der Waals surface area contributed by atoms with E-state index in [4.69, 9.17) is 11.6 Å². The molecule has 0 aliphatic heterocycles. The predicted octanol–water partition coefficient (Wildman–Crippen LogP) is 4.55. The zero-order valence-electron chi connectivity index (χ0n) is 15.1. The van der Waals surface area contributed by atoms with Crippen LogP contribution in [0.15, 0.2) is 16.9 Å². The van der Waals surface area contributed by atoms with Crippen molar-refractivity contribution in [3.63, 3.8) is 0 Å². The van der Waals surface area contributed by atoms with Gasteiger partial charge in [-0.2, -0.15) is 23.4 Å². The van der Waals surface area contributed by atoms with Crippen LogP contribution < -0.4 is 5.32 Å². The van der Waals surface area contributed by atoms with Crippen LogP contribution in [0.25, 0.3) is 0 Å². The Bertz CT molecular complexity index is 846. The summed E-state index contributed by atoms with van der Waals surface area (Å²) in [5, 5.41) is 10.3. The molecule has 1 aliphatic carbocycles. The smallest absolute Gasteiger partial charge is 0.354 e. The molecule has 1 saturated carbocycles. The third-order valence-electron chi connectivity index (χ3n) is 4.59. The highest BCUT2D eigenvalue weighted by Crippen LogP contribution is 2.46. The molecule has 1 aliphatic rings. The van der Waals surface area contributed by atoms with Crippen LogP contribution in [0.1, 0.15) is 56.0 Å². The van der Waals surface area contributed by atoms with Gasteiger partial charge in [-0.15, -0.1) is 0 Å². The van der Waals surface area contributed by atoms with Crippen molar-refractivity contribution < 1.29 is 18.0 Å². The van der Waals surface area contributed by atoms with Gasteiger partial charge in [-0.25, -0.2) is 0 Å². The molecule has 0 saturated heterocycles. The van der Waals surface area contributed by atoms with Crippen LogP contribution >= 0.6 is 27.5 Å². The summed E-state index contributed by atoms with van der Waals surface area (Å²) in [4.78, 5) is 12.4. The summed E-state index contributed by atoms with van der Waals surface area (Å²) in [6.45, 7) is 2.46. The van der Waals surface area contributed by atoms with Crippen LogP contribution in [0.4, 0.5) is 13.2 Å². The van der Waals surface area contributed by atoms with E-state index in [0.717, 1.165) is 17.3 Å². The number of carbonyl (C=O) groups excluding carboxylic acids is 1. The molecular weight excluding hydrogens is 463 g/mol. The zero-order chi connectivity index (χ0) is 20.5. The van der Waals surface area contributed by atoms with E-state index in [0.29, 0.717) is 25.1 Å². The molecule has 1 amide bonds. The molecule has 3 rings (SSSR count). The molecule has 0 spiro atoms. The number of halogens is 5. The molecule has 1 unspecified atom stereocenters. The number of nitrogens with one attached hydrogen (secondary N) is 1. The Morgan fingerprint density at radius 2 is 2.18 bits per heavy atom. The summed E-state index contributed by atoms with van der Waals surface area (Å²) < 4.78 is 42.9. The van der Waals surface area contributed by atoms with Crippen LogP contribution in [-0.4, -0.2) is 32.0 Å². The Morgan fingerprint density at radius 3 is 2.71 bits per heavy atom. The highest BCUT2D eigenvalue weighted by molar-refractivity contribution is 9.10. The van der Waals surface area contributed by atoms with Crippen molar-refractivity contribution in [2.24, 2.45) is 0 Å². The third kappa shape index (κ3) is 4.71. The Morgan fingerprint density at radius 1 is 1.46 bits per heavy atom. The molecule has 2 aromatic heterocycles. The molecule has 154 valence electrons. The summed E-state index contributed by atoms with van der Waals surface area (Å²) in [6, 6.07) is -0.440. The van der Waals surface area contributed by atoms with Gasteiger partial charge in [-0.3, -0.25) is 14.2 Å². The van der Waals surface area contributed by atoms with Gasteiger partial charge in [-0.05, 0) is 41.6 Å². The highest BCUT2D eigenvalue weighted by atomic mass is 79.9. The predicted molar refractivity (Wildman–Crippen MR) is 101 cm³/mol. The lowest BCUT2D eigenvalue weighted by molar-refractivity contribution is -0.141. The van der Waals surface area contributed by atoms with Crippen molar-refractivity contribution in [3.05, 3.63) is 33.3 Å². The maximum atomic E-state index is 13.1. The lowest BCUT2D eigenvalue weighted by atomic mass is 10.2. The van der Waals surface area contributed by atoms with Crippen molar-refractivity contribution in [1.29, 1.82) is 0 Å². The Balaban J connectivity index is 1.58. The van der Waals surface area contributed by atoms with Gasteiger partial charge in [0, 0.05) is 25.2 Å². The molecule has 0 radical (unpaired) electrons. The van der Waals surface area contributed by atoms with Crippen molar-refractivity contribution >= 4 is 33.4 Å². The average molecular weight is 483 g/mol. The maximum Gasteiger partial charge on any atom is 0.436 e. The number of hydrogen-bond acceptors (Lipinski definition) is 3. The minimum atomic E-state index is -4.58. The largest absolute Gasteiger partial charge is 0.436 e. The molecule has 28 heavy (non-hydrogen) atoms. The minimum absolute atomic E-state index is 0.0356. The van der Waals surface area contributed by atoms with Crippen molar-refractivity contribution in [3.8, 4) is 0 Å². The summed E-state index contributed by atoms with van der Waals surface area (Å²) in [6.07, 6.45) is 1.39. The molecule has 2 aromatic rings. The van der Waals surface area contributed by atoms with E-state index in [1.54, 1.807) is 17.1 Å². The number of rotatable bonds is 8. The second-order valence-corrected chi connectivity index (χ2v) is 8.04. The molecule has 1 N–H and O–H groups in total. The van der Waals surface area contributed by atoms with Gasteiger partial charge in [0.1, 0.15) is 6.04 Å². The first-order chi connectivity index (χ1) is 13.2. The van der Waals surface area contributed by atoms with Gasteiger partial charge in [0.2, 0.25) is 5.91 Å². The number of nitrogens with zero attached hydrogens (tertiary/aromatic N) is 4. The second-order valence-electron chi connectivity index (χ2n) is 6.75. The second kappa shape index (κ2) is 8.44. The molecular formula is C17H20BrClF3N5O. The van der Waals surface area contributed by atoms with Crippen molar-refractivity contribution in [2.75, 3.05) is 6.54 Å². The van der Waals surface area contributed by atoms with Crippen molar-refractivity contribution in [2.45, 2.75) is 57.3 Å². The summed E-state index contributed by atoms with van der Waals surface area (Å²) in [7, 11) is 0. The SMILES string of the molecule is CCC(C(=O)NCCCn1nc(C(F)(F)F)c(Cl)c1C1CC1)n1cc(Br)cn1. The minimum Gasteiger partial charge on any atom is -0.354 e. The van der Waals surface area contributed by atoms with Crippen LogP contribution in [0.3, 0.4) is 0 Å². The molecule has 6 nitrogen and oxygen atoms in total. The van der Waals surface area contributed by atoms with E-state index >= 15 is 0 Å². The summed E-state index contributed by atoms with van der Waals surface area (Å²) in [5.41, 5.74) is -0.580. The normalized spacial score (nSPS) is 15.6. The number of aryl methyl sites for hydroxylation is 1. The fourth-order valence-corrected chi connectivity index (χ4v) is 3.79. The van der Waals surface area contributed by atoms with Gasteiger partial charge in [0.15, 0.2) is 5.69 Å². The quantitative estimate of drug-likeness (QED) is 0.562. The van der Waals surface area contributed by atoms with Gasteiger partial charge in [0.25, 0.3) is 0 Å². The number of aromatic nitrogens is 4. The fraction of sp³-hybridized carbons (Fsp3) is 0.588. The first-order valence-corrected chi connectivity index (χ1v) is 10.2. The average Bonchev–Trinajstić information content (AvgIpc) is 3.27. The monoisotopic (exact) mass is 481 g/mol. The van der Waals surface area contributed by atoms with E-state index in [2.05, 4.69) is 31.4 Å². The maximum absolute atomic E-state index is 13.1. The Labute approximate surface area is 173 Å². The van der Waals surface area contributed by atoms with Crippen LogP contribution in [0, 0.1) is 0 Å². The molecule has 0 bridgehead atoms. The first kappa shape index (κ1) is 21.2. The van der Waals surface area contributed by atoms with Crippen LogP contribution in [-0.2, 0) is 17.5 Å². The first-order valence-electron chi connectivity index (χ1n) is 9.03. The fourth-order valence-electron chi connectivity index (χ4n) is 3.09. The lowest BCUT2D eigenvalue weighted by Crippen LogP contribution is -2.33. The van der Waals surface area contributed by atoms with Gasteiger partial charge in [-0.1, -0.05) is 18.5 Å². The number of alkyl halides is 3. The van der Waals surface area contributed by atoms with Crippen LogP contribution in [0.2, 0.25) is 5.02 Å². The van der Waals surface area contributed by atoms with E-state index in [9.17, 15) is 18.0 Å². The number of carbonyl (C=O) groups is 1. The summed E-state index contributed by atoms with van der Waals surface area (Å²) >= 11 is 9.25. The van der Waals surface area contributed by atoms with Gasteiger partial charge < -0.3 is 5.32 Å². The molecule has 1 atom stereocenters. The topological polar surface area (TPSA) is 64.7 Å². The van der Waals surface area contributed by atoms with E-state index < -0.39 is 17.9 Å². The molecule has 11 heteroatoms. The number of hydrogen-bond donors (Lipinski definition) is 1. The van der Waals surface area contributed by atoms with Crippen molar-refractivity contribution in [1.82, 2.24) is 24.9 Å². The Kier molecular flexibility index (Phi) is 6.38. The highest BCUT2D eigenvalue weighted by Gasteiger charge is 2.41. The van der Waals surface area contributed by atoms with Gasteiger partial charge in [0.05, 0.1) is 21.4 Å². The molecule has 0 aromatic carbocycles. The van der Waals surface area contributed by atoms with E-state index in [1.165, 1.54) is 4.68 Å². The van der Waals surface area contributed by atoms with Crippen LogP contribution in [0.5, 0.6) is 0 Å². The zero-order valence-corrected chi connectivity index (χ0v) is 17.5. The van der Waals surface area contributed by atoms with E-state index in [-0.39, 0.29) is 23.4 Å². The number of amides is 1. The molecule has 1 fully saturated rings. The Hall–Kier alpha value is -1.55. The molecule has 2 heterocycles. The van der Waals surface area contributed by atoms with E-state index in [1.807, 2.05) is 6.92 Å². The van der Waals surface area contributed by atoms with Gasteiger partial charge >= 0.3 is 6.18 Å². The standard InChI is InChI=1S/C17H20BrClF3N5O/c1-2-12(27-9-11(18)8-24-27)16(28)23-6-3-7-26-14(10-4-5-10)13(19)15(25-26)17(20,21)22/h8-10,12H,2-7H2,1H3,(H,23,28). The third-order valence-corrected chi connectivity index (χ3v) is 5.37.